The van der Waals surface area contributed by atoms with Crippen LogP contribution in [-0.4, -0.2) is 20.4 Å². The summed E-state index contributed by atoms with van der Waals surface area (Å²) in [7, 11) is 0. The van der Waals surface area contributed by atoms with Crippen LogP contribution in [0.4, 0.5) is 0 Å². The number of hydrogen-bond donors (Lipinski definition) is 4. The summed E-state index contributed by atoms with van der Waals surface area (Å²) < 4.78 is 0. The maximum absolute atomic E-state index is 9.85. The van der Waals surface area contributed by atoms with Gasteiger partial charge in [-0.1, -0.05) is 77.9 Å². The summed E-state index contributed by atoms with van der Waals surface area (Å²) in [6.07, 6.45) is 1.98. The second-order valence-electron chi connectivity index (χ2n) is 13.3. The average Bonchev–Trinajstić information content (AvgIpc) is 3.22. The minimum absolute atomic E-state index is 0.0285. The summed E-state index contributed by atoms with van der Waals surface area (Å²) in [4.78, 5) is 0. The topological polar surface area (TPSA) is 80.9 Å². The van der Waals surface area contributed by atoms with Gasteiger partial charge in [0, 0.05) is 10.8 Å². The van der Waals surface area contributed by atoms with Crippen LogP contribution in [0.25, 0.3) is 0 Å². The molecule has 2 atom stereocenters. The Morgan fingerprint density at radius 3 is 1.23 bits per heavy atom. The van der Waals surface area contributed by atoms with Crippen molar-refractivity contribution in [3.8, 4) is 23.0 Å². The van der Waals surface area contributed by atoms with Crippen molar-refractivity contribution < 1.29 is 20.4 Å². The highest BCUT2D eigenvalue weighted by Crippen LogP contribution is 2.54. The summed E-state index contributed by atoms with van der Waals surface area (Å²) in [5.41, 5.74) is 7.24. The summed E-state index contributed by atoms with van der Waals surface area (Å²) in [5.74, 6) is 1.21. The average molecular weight is 537 g/mol. The summed E-state index contributed by atoms with van der Waals surface area (Å²) in [6.45, 7) is 13.4. The van der Waals surface area contributed by atoms with E-state index in [-0.39, 0.29) is 27.4 Å². The lowest BCUT2D eigenvalue weighted by Crippen LogP contribution is -2.23. The second-order valence-corrected chi connectivity index (χ2v) is 13.3. The molecule has 0 heterocycles. The minimum atomic E-state index is -0.134. The van der Waals surface area contributed by atoms with Gasteiger partial charge in [0.05, 0.1) is 0 Å². The molecular formula is C36H40O4. The molecule has 4 heteroatoms. The number of aromatic hydroxyl groups is 4. The fourth-order valence-electron chi connectivity index (χ4n) is 7.47. The van der Waals surface area contributed by atoms with E-state index in [0.717, 1.165) is 12.8 Å². The molecule has 4 N–H and O–H groups in total. The Kier molecular flexibility index (Phi) is 6.45. The fraction of sp³-hybridized carbons (Fsp3) is 0.333. The molecule has 2 aliphatic rings. The Morgan fingerprint density at radius 2 is 0.750 bits per heavy atom. The molecule has 6 rings (SSSR count). The fourth-order valence-corrected chi connectivity index (χ4v) is 7.47. The molecule has 0 bridgehead atoms. The zero-order valence-corrected chi connectivity index (χ0v) is 24.3. The number of hydrogen-bond acceptors (Lipinski definition) is 4. The smallest absolute Gasteiger partial charge is 0.115 e. The van der Waals surface area contributed by atoms with Crippen LogP contribution in [0, 0.1) is 0 Å². The lowest BCUT2D eigenvalue weighted by atomic mass is 9.75. The zero-order valence-electron chi connectivity index (χ0n) is 24.3. The second kappa shape index (κ2) is 9.33. The molecule has 0 fully saturated rings. The number of rotatable bonds is 2. The highest BCUT2D eigenvalue weighted by molar-refractivity contribution is 5.55. The molecule has 2 aliphatic carbocycles. The normalized spacial score (nSPS) is 23.6. The van der Waals surface area contributed by atoms with Crippen LogP contribution in [0.1, 0.15) is 87.8 Å². The minimum Gasteiger partial charge on any atom is -0.508 e. The third-order valence-electron chi connectivity index (χ3n) is 9.25. The van der Waals surface area contributed by atoms with Crippen LogP contribution in [0.5, 0.6) is 23.0 Å². The number of fused-ring (bicyclic) bond motifs is 2. The van der Waals surface area contributed by atoms with Gasteiger partial charge in [-0.05, 0) is 106 Å². The predicted molar refractivity (Wildman–Crippen MR) is 161 cm³/mol. The van der Waals surface area contributed by atoms with Crippen molar-refractivity contribution >= 4 is 0 Å². The highest BCUT2D eigenvalue weighted by atomic mass is 16.3. The Balaban J connectivity index is 0.000000161. The molecule has 4 aromatic carbocycles. The molecule has 0 radical (unpaired) electrons. The van der Waals surface area contributed by atoms with E-state index in [1.165, 1.54) is 33.4 Å². The first-order valence-electron chi connectivity index (χ1n) is 13.9. The van der Waals surface area contributed by atoms with Crippen LogP contribution in [0.2, 0.25) is 0 Å². The predicted octanol–water partition coefficient (Wildman–Crippen LogP) is 8.17. The van der Waals surface area contributed by atoms with Crippen molar-refractivity contribution in [2.75, 3.05) is 0 Å². The number of benzene rings is 4. The molecule has 40 heavy (non-hydrogen) atoms. The summed E-state index contributed by atoms with van der Waals surface area (Å²) in [5, 5.41) is 38.6. The van der Waals surface area contributed by atoms with Gasteiger partial charge in [-0.3, -0.25) is 0 Å². The van der Waals surface area contributed by atoms with Gasteiger partial charge >= 0.3 is 0 Å². The first kappa shape index (κ1) is 27.6. The van der Waals surface area contributed by atoms with Crippen LogP contribution in [0.15, 0.2) is 84.9 Å². The van der Waals surface area contributed by atoms with Crippen molar-refractivity contribution in [1.29, 1.82) is 0 Å². The van der Waals surface area contributed by atoms with E-state index in [4.69, 9.17) is 0 Å². The largest absolute Gasteiger partial charge is 0.508 e. The molecule has 2 unspecified atom stereocenters. The van der Waals surface area contributed by atoms with Gasteiger partial charge in [0.15, 0.2) is 0 Å². The van der Waals surface area contributed by atoms with Gasteiger partial charge in [-0.2, -0.15) is 0 Å². The first-order chi connectivity index (χ1) is 18.7. The Hall–Kier alpha value is -3.92. The van der Waals surface area contributed by atoms with Crippen LogP contribution in [0.3, 0.4) is 0 Å². The molecule has 0 aliphatic heterocycles. The molecule has 208 valence electrons. The standard InChI is InChI=1S/2C18H20O2/c1-17(2)11-18(3,12-4-6-13(19)7-5-12)15-9-8-14(20)10-16(15)17;1-17(2)11-18(3,12-4-6-13(19)7-5-12)16-10-14(20)8-9-15(16)17/h2*4-10,19-20H,11H2,1-3H3. The maximum atomic E-state index is 9.85. The lowest BCUT2D eigenvalue weighted by molar-refractivity contribution is 0.422. The van der Waals surface area contributed by atoms with Crippen LogP contribution < -0.4 is 0 Å². The zero-order chi connectivity index (χ0) is 29.1. The number of phenolic OH excluding ortho intramolecular Hbond substituents is 4. The SMILES string of the molecule is CC1(C)CC(C)(c2ccc(O)cc2)c2cc(O)ccc21.CC1(C)CC(C)(c2ccc(O)cc2)c2ccc(O)cc21. The van der Waals surface area contributed by atoms with Gasteiger partial charge in [0.25, 0.3) is 0 Å². The van der Waals surface area contributed by atoms with E-state index in [1.807, 2.05) is 48.5 Å². The van der Waals surface area contributed by atoms with Crippen molar-refractivity contribution in [3.63, 3.8) is 0 Å². The molecule has 4 nitrogen and oxygen atoms in total. The van der Waals surface area contributed by atoms with E-state index >= 15 is 0 Å². The summed E-state index contributed by atoms with van der Waals surface area (Å²) >= 11 is 0. The van der Waals surface area contributed by atoms with Gasteiger partial charge < -0.3 is 20.4 Å². The van der Waals surface area contributed by atoms with E-state index in [0.29, 0.717) is 17.2 Å². The molecule has 0 aromatic heterocycles. The quantitative estimate of drug-likeness (QED) is 0.208. The highest BCUT2D eigenvalue weighted by Gasteiger charge is 2.46. The van der Waals surface area contributed by atoms with Crippen LogP contribution >= 0.6 is 0 Å². The van der Waals surface area contributed by atoms with Gasteiger partial charge in [0.2, 0.25) is 0 Å². The van der Waals surface area contributed by atoms with E-state index < -0.39 is 0 Å². The lowest BCUT2D eigenvalue weighted by Gasteiger charge is -2.28. The van der Waals surface area contributed by atoms with Crippen LogP contribution in [-0.2, 0) is 21.7 Å². The summed E-state index contributed by atoms with van der Waals surface area (Å²) in [6, 6.07) is 26.3. The third kappa shape index (κ3) is 4.60. The monoisotopic (exact) mass is 536 g/mol. The van der Waals surface area contributed by atoms with E-state index in [9.17, 15) is 20.4 Å². The molecule has 0 saturated carbocycles. The first-order valence-corrected chi connectivity index (χ1v) is 13.9. The molecule has 0 amide bonds. The molecule has 0 spiro atoms. The molecular weight excluding hydrogens is 496 g/mol. The van der Waals surface area contributed by atoms with Crippen molar-refractivity contribution in [1.82, 2.24) is 0 Å². The molecule has 4 aromatic rings. The van der Waals surface area contributed by atoms with Crippen molar-refractivity contribution in [3.05, 3.63) is 118 Å². The number of phenols is 4. The van der Waals surface area contributed by atoms with Crippen molar-refractivity contribution in [2.45, 2.75) is 76.0 Å². The molecule has 0 saturated heterocycles. The maximum Gasteiger partial charge on any atom is 0.115 e. The third-order valence-corrected chi connectivity index (χ3v) is 9.25. The van der Waals surface area contributed by atoms with E-state index in [1.54, 1.807) is 36.4 Å². The van der Waals surface area contributed by atoms with Gasteiger partial charge in [-0.25, -0.2) is 0 Å². The van der Waals surface area contributed by atoms with Crippen molar-refractivity contribution in [2.24, 2.45) is 0 Å². The Bertz CT molecular complexity index is 1550. The Labute approximate surface area is 237 Å². The van der Waals surface area contributed by atoms with Gasteiger partial charge in [-0.15, -0.1) is 0 Å². The van der Waals surface area contributed by atoms with E-state index in [2.05, 4.69) is 41.5 Å². The Morgan fingerprint density at radius 1 is 0.400 bits per heavy atom. The van der Waals surface area contributed by atoms with Gasteiger partial charge in [0.1, 0.15) is 23.0 Å².